The van der Waals surface area contributed by atoms with Crippen LogP contribution in [-0.2, 0) is 9.53 Å². The number of benzene rings is 1. The maximum atomic E-state index is 13.9. The molecule has 0 aromatic heterocycles. The molecule has 0 aliphatic carbocycles. The predicted octanol–water partition coefficient (Wildman–Crippen LogP) is 4.06. The zero-order valence-corrected chi connectivity index (χ0v) is 14.3. The minimum absolute atomic E-state index is 0.0700. The highest BCUT2D eigenvalue weighted by molar-refractivity contribution is 5.75. The molecule has 0 spiro atoms. The molecule has 0 saturated carbocycles. The molecule has 8 heteroatoms. The molecule has 0 bridgehead atoms. The molecule has 1 aliphatic heterocycles. The van der Waals surface area contributed by atoms with Crippen LogP contribution in [0.2, 0.25) is 0 Å². The highest BCUT2D eigenvalue weighted by Gasteiger charge is 2.66. The van der Waals surface area contributed by atoms with E-state index in [-0.39, 0.29) is 23.5 Å². The highest BCUT2D eigenvalue weighted by Crippen LogP contribution is 2.54. The van der Waals surface area contributed by atoms with E-state index in [2.05, 4.69) is 0 Å². The maximum absolute atomic E-state index is 13.9. The van der Waals surface area contributed by atoms with Crippen molar-refractivity contribution in [3.63, 3.8) is 0 Å². The molecule has 1 heterocycles. The fourth-order valence-corrected chi connectivity index (χ4v) is 3.30. The minimum Gasteiger partial charge on any atom is -0.493 e. The molecular formula is C17H20F4O4. The number of hydrogen-bond donors (Lipinski definition) is 1. The number of carbonyl (C=O) groups is 1. The molecule has 1 saturated heterocycles. The molecule has 0 radical (unpaired) electrons. The van der Waals surface area contributed by atoms with Gasteiger partial charge in [-0.15, -0.1) is 0 Å². The van der Waals surface area contributed by atoms with Gasteiger partial charge in [-0.25, -0.2) is 9.18 Å². The Morgan fingerprint density at radius 3 is 2.48 bits per heavy atom. The molecule has 1 N–H and O–H groups in total. The molecule has 4 atom stereocenters. The predicted molar refractivity (Wildman–Crippen MR) is 81.2 cm³/mol. The first-order valence-corrected chi connectivity index (χ1v) is 7.84. The number of halogens is 4. The van der Waals surface area contributed by atoms with Crippen LogP contribution in [0, 0.1) is 18.7 Å². The van der Waals surface area contributed by atoms with E-state index in [4.69, 9.17) is 9.47 Å². The normalized spacial score (nSPS) is 29.7. The van der Waals surface area contributed by atoms with Crippen LogP contribution in [0.5, 0.6) is 5.75 Å². The number of rotatable bonds is 4. The van der Waals surface area contributed by atoms with Crippen LogP contribution in [0.1, 0.15) is 37.8 Å². The Morgan fingerprint density at radius 1 is 1.40 bits per heavy atom. The zero-order chi connectivity index (χ0) is 19.2. The minimum atomic E-state index is -4.75. The third-order valence-electron chi connectivity index (χ3n) is 4.93. The topological polar surface area (TPSA) is 55.8 Å². The average molecular weight is 364 g/mol. The molecule has 4 nitrogen and oxygen atoms in total. The third-order valence-corrected chi connectivity index (χ3v) is 4.93. The second-order valence-corrected chi connectivity index (χ2v) is 6.32. The molecule has 2 rings (SSSR count). The van der Waals surface area contributed by atoms with Gasteiger partial charge in [-0.3, -0.25) is 0 Å². The fourth-order valence-electron chi connectivity index (χ4n) is 3.30. The quantitative estimate of drug-likeness (QED) is 0.819. The van der Waals surface area contributed by atoms with Gasteiger partial charge in [0.15, 0.2) is 11.7 Å². The van der Waals surface area contributed by atoms with Gasteiger partial charge in [0.05, 0.1) is 6.61 Å². The zero-order valence-electron chi connectivity index (χ0n) is 14.3. The van der Waals surface area contributed by atoms with E-state index in [0.29, 0.717) is 0 Å². The molecule has 1 aromatic carbocycles. The van der Waals surface area contributed by atoms with Gasteiger partial charge < -0.3 is 14.6 Å². The first-order valence-electron chi connectivity index (χ1n) is 7.84. The van der Waals surface area contributed by atoms with Crippen molar-refractivity contribution in [2.24, 2.45) is 5.92 Å². The maximum Gasteiger partial charge on any atom is 0.417 e. The van der Waals surface area contributed by atoms with Gasteiger partial charge in [-0.2, -0.15) is 13.2 Å². The Balaban J connectivity index is 2.64. The summed E-state index contributed by atoms with van der Waals surface area (Å²) in [5.41, 5.74) is -2.31. The van der Waals surface area contributed by atoms with Gasteiger partial charge in [-0.1, -0.05) is 13.0 Å². The Hall–Kier alpha value is -1.83. The molecule has 0 unspecified atom stereocenters. The number of hydrogen-bond acceptors (Lipinski definition) is 3. The lowest BCUT2D eigenvalue weighted by Gasteiger charge is -2.32. The van der Waals surface area contributed by atoms with Crippen molar-refractivity contribution in [1.29, 1.82) is 0 Å². The van der Waals surface area contributed by atoms with Crippen molar-refractivity contribution in [2.75, 3.05) is 6.61 Å². The van der Waals surface area contributed by atoms with E-state index in [0.717, 1.165) is 13.0 Å². The van der Waals surface area contributed by atoms with Crippen molar-refractivity contribution in [3.05, 3.63) is 29.1 Å². The van der Waals surface area contributed by atoms with Gasteiger partial charge in [0.1, 0.15) is 11.6 Å². The number of aliphatic carboxylic acids is 1. The van der Waals surface area contributed by atoms with E-state index in [1.807, 2.05) is 0 Å². The summed E-state index contributed by atoms with van der Waals surface area (Å²) in [6.07, 6.45) is -6.47. The summed E-state index contributed by atoms with van der Waals surface area (Å²) < 4.78 is 64.8. The summed E-state index contributed by atoms with van der Waals surface area (Å²) in [5.74, 6) is -4.36. The lowest BCUT2D eigenvalue weighted by atomic mass is 9.76. The average Bonchev–Trinajstić information content (AvgIpc) is 2.78. The molecule has 1 aromatic rings. The summed E-state index contributed by atoms with van der Waals surface area (Å²) in [5, 5.41) is 9.40. The van der Waals surface area contributed by atoms with E-state index in [1.165, 1.54) is 19.9 Å². The largest absolute Gasteiger partial charge is 0.493 e. The highest BCUT2D eigenvalue weighted by atomic mass is 19.4. The standard InChI is InChI=1S/C17H20F4O4/c1-5-24-13-8(2)11(18)7-6-10(13)12-9(3)16(4,17(19,20)21)25-14(12)15(22)23/h6-7,9,12,14H,5H2,1-4H3,(H,22,23)/t9-,12-,14+,16+/m0/s1. The van der Waals surface area contributed by atoms with Gasteiger partial charge in [-0.05, 0) is 26.8 Å². The van der Waals surface area contributed by atoms with E-state index in [1.54, 1.807) is 6.92 Å². The van der Waals surface area contributed by atoms with Crippen LogP contribution >= 0.6 is 0 Å². The van der Waals surface area contributed by atoms with Gasteiger partial charge in [0, 0.05) is 23.0 Å². The third kappa shape index (κ3) is 3.07. The van der Waals surface area contributed by atoms with Crippen LogP contribution in [0.15, 0.2) is 12.1 Å². The molecule has 0 amide bonds. The second-order valence-electron chi connectivity index (χ2n) is 6.32. The summed E-state index contributed by atoms with van der Waals surface area (Å²) in [6, 6.07) is 2.37. The fraction of sp³-hybridized carbons (Fsp3) is 0.588. The van der Waals surface area contributed by atoms with Gasteiger partial charge in [0.2, 0.25) is 0 Å². The number of alkyl halides is 3. The molecule has 25 heavy (non-hydrogen) atoms. The number of carboxylic acid groups (broad SMARTS) is 1. The Morgan fingerprint density at radius 2 is 2.00 bits per heavy atom. The first-order chi connectivity index (χ1) is 11.5. The van der Waals surface area contributed by atoms with Crippen LogP contribution in [0.3, 0.4) is 0 Å². The monoisotopic (exact) mass is 364 g/mol. The van der Waals surface area contributed by atoms with Crippen molar-refractivity contribution >= 4 is 5.97 Å². The van der Waals surface area contributed by atoms with Gasteiger partial charge in [0.25, 0.3) is 0 Å². The molecule has 1 aliphatic rings. The van der Waals surface area contributed by atoms with Crippen LogP contribution in [0.4, 0.5) is 17.6 Å². The van der Waals surface area contributed by atoms with Crippen molar-refractivity contribution in [2.45, 2.75) is 51.5 Å². The van der Waals surface area contributed by atoms with Crippen LogP contribution in [0.25, 0.3) is 0 Å². The summed E-state index contributed by atoms with van der Waals surface area (Å²) in [4.78, 5) is 11.6. The molecule has 140 valence electrons. The van der Waals surface area contributed by atoms with Crippen molar-refractivity contribution in [3.8, 4) is 5.75 Å². The molecular weight excluding hydrogens is 344 g/mol. The lowest BCUT2D eigenvalue weighted by Crippen LogP contribution is -2.47. The van der Waals surface area contributed by atoms with E-state index < -0.39 is 41.5 Å². The summed E-state index contributed by atoms with van der Waals surface area (Å²) in [6.45, 7) is 5.37. The summed E-state index contributed by atoms with van der Waals surface area (Å²) in [7, 11) is 0. The lowest BCUT2D eigenvalue weighted by molar-refractivity contribution is -0.273. The smallest absolute Gasteiger partial charge is 0.417 e. The molecule has 1 fully saturated rings. The van der Waals surface area contributed by atoms with Crippen LogP contribution in [-0.4, -0.2) is 35.6 Å². The summed E-state index contributed by atoms with van der Waals surface area (Å²) >= 11 is 0. The van der Waals surface area contributed by atoms with Crippen LogP contribution < -0.4 is 4.74 Å². The first kappa shape index (κ1) is 19.5. The van der Waals surface area contributed by atoms with E-state index >= 15 is 0 Å². The van der Waals surface area contributed by atoms with Crippen molar-refractivity contribution < 1.29 is 36.9 Å². The Kier molecular flexibility index (Phi) is 5.05. The Labute approximate surface area is 142 Å². The number of carboxylic acids is 1. The van der Waals surface area contributed by atoms with E-state index in [9.17, 15) is 27.5 Å². The second kappa shape index (κ2) is 6.48. The SMILES string of the molecule is CCOc1c([C@H]2[C@H](C(=O)O)O[C@@](C)(C(F)(F)F)[C@H]2C)ccc(F)c1C. The number of ether oxygens (including phenoxy) is 2. The van der Waals surface area contributed by atoms with Gasteiger partial charge >= 0.3 is 12.1 Å². The van der Waals surface area contributed by atoms with Crippen molar-refractivity contribution in [1.82, 2.24) is 0 Å². The Bertz CT molecular complexity index is 673.